The van der Waals surface area contributed by atoms with Gasteiger partial charge in [0.05, 0.1) is 5.41 Å². The lowest BCUT2D eigenvalue weighted by atomic mass is 9.67. The second-order valence-electron chi connectivity index (χ2n) is 6.84. The van der Waals surface area contributed by atoms with E-state index in [4.69, 9.17) is 4.74 Å². The highest BCUT2D eigenvalue weighted by Crippen LogP contribution is 2.43. The summed E-state index contributed by atoms with van der Waals surface area (Å²) >= 11 is 0. The first kappa shape index (κ1) is 22.4. The molecule has 1 saturated carbocycles. The third-order valence-electron chi connectivity index (χ3n) is 4.64. The van der Waals surface area contributed by atoms with Crippen LogP contribution in [0.25, 0.3) is 0 Å². The molecule has 0 aromatic carbocycles. The van der Waals surface area contributed by atoms with Crippen molar-refractivity contribution < 1.29 is 9.53 Å². The van der Waals surface area contributed by atoms with Crippen LogP contribution in [-0.2, 0) is 9.53 Å². The smallest absolute Gasteiger partial charge is 0.227 e. The van der Waals surface area contributed by atoms with Crippen LogP contribution in [0.1, 0.15) is 39.5 Å². The van der Waals surface area contributed by atoms with E-state index in [1.165, 1.54) is 19.3 Å². The van der Waals surface area contributed by atoms with E-state index >= 15 is 0 Å². The van der Waals surface area contributed by atoms with Crippen LogP contribution >= 0.6 is 24.0 Å². The fraction of sp³-hybridized carbons (Fsp3) is 0.875. The molecule has 0 aromatic rings. The molecule has 3 N–H and O–H groups in total. The summed E-state index contributed by atoms with van der Waals surface area (Å²) in [6, 6.07) is 0. The maximum atomic E-state index is 11.8. The normalized spacial score (nSPS) is 16.8. The maximum Gasteiger partial charge on any atom is 0.227 e. The number of nitrogens with one attached hydrogen (secondary N) is 3. The van der Waals surface area contributed by atoms with E-state index in [9.17, 15) is 4.79 Å². The summed E-state index contributed by atoms with van der Waals surface area (Å²) in [5.41, 5.74) is -0.138. The Kier molecular flexibility index (Phi) is 10.1. The molecule has 0 spiro atoms. The predicted molar refractivity (Wildman–Crippen MR) is 105 cm³/mol. The molecule has 7 heteroatoms. The molecule has 0 aliphatic heterocycles. The zero-order valence-electron chi connectivity index (χ0n) is 15.1. The van der Waals surface area contributed by atoms with Gasteiger partial charge in [0.1, 0.15) is 0 Å². The maximum absolute atomic E-state index is 11.8. The van der Waals surface area contributed by atoms with Gasteiger partial charge >= 0.3 is 0 Å². The van der Waals surface area contributed by atoms with E-state index in [0.29, 0.717) is 12.0 Å². The number of methoxy groups -OCH3 is 1. The van der Waals surface area contributed by atoms with E-state index in [-0.39, 0.29) is 29.9 Å². The third-order valence-corrected chi connectivity index (χ3v) is 4.64. The van der Waals surface area contributed by atoms with Crippen molar-refractivity contribution in [3.63, 3.8) is 0 Å². The molecule has 1 rings (SSSR count). The number of aliphatic imine (C=N–C) groups is 1. The summed E-state index contributed by atoms with van der Waals surface area (Å²) in [6.45, 7) is 6.07. The number of carbonyl (C=O) groups is 1. The SMILES string of the molecule is CN=C(NCC1(CCOC)CCC1)NCC(C)(C)C(=O)NC.I. The highest BCUT2D eigenvalue weighted by molar-refractivity contribution is 14.0. The van der Waals surface area contributed by atoms with E-state index < -0.39 is 5.41 Å². The summed E-state index contributed by atoms with van der Waals surface area (Å²) in [6.07, 6.45) is 4.85. The molecular formula is C16H33IN4O2. The Morgan fingerprint density at radius 1 is 1.30 bits per heavy atom. The summed E-state index contributed by atoms with van der Waals surface area (Å²) in [4.78, 5) is 16.0. The summed E-state index contributed by atoms with van der Waals surface area (Å²) < 4.78 is 5.22. The van der Waals surface area contributed by atoms with E-state index in [2.05, 4.69) is 20.9 Å². The van der Waals surface area contributed by atoms with Crippen LogP contribution in [0.2, 0.25) is 0 Å². The highest BCUT2D eigenvalue weighted by atomic mass is 127. The molecule has 1 fully saturated rings. The topological polar surface area (TPSA) is 74.8 Å². The van der Waals surface area contributed by atoms with Crippen LogP contribution in [0.3, 0.4) is 0 Å². The number of guanidine groups is 1. The number of hydrogen-bond donors (Lipinski definition) is 3. The van der Waals surface area contributed by atoms with Crippen LogP contribution < -0.4 is 16.0 Å². The Bertz CT molecular complexity index is 396. The quantitative estimate of drug-likeness (QED) is 0.306. The number of hydrogen-bond acceptors (Lipinski definition) is 3. The Balaban J connectivity index is 0.00000484. The lowest BCUT2D eigenvalue weighted by molar-refractivity contribution is -0.128. The first-order valence-electron chi connectivity index (χ1n) is 8.05. The molecule has 6 nitrogen and oxygen atoms in total. The van der Waals surface area contributed by atoms with Gasteiger partial charge in [-0.05, 0) is 38.5 Å². The van der Waals surface area contributed by atoms with Gasteiger partial charge in [-0.25, -0.2) is 0 Å². The van der Waals surface area contributed by atoms with Crippen molar-refractivity contribution in [2.75, 3.05) is 40.9 Å². The van der Waals surface area contributed by atoms with Crippen molar-refractivity contribution in [3.05, 3.63) is 0 Å². The van der Waals surface area contributed by atoms with E-state index in [1.807, 2.05) is 13.8 Å². The molecule has 0 aromatic heterocycles. The van der Waals surface area contributed by atoms with Crippen molar-refractivity contribution in [2.45, 2.75) is 39.5 Å². The van der Waals surface area contributed by atoms with Crippen LogP contribution in [0.4, 0.5) is 0 Å². The van der Waals surface area contributed by atoms with Crippen LogP contribution in [0, 0.1) is 10.8 Å². The van der Waals surface area contributed by atoms with E-state index in [1.54, 1.807) is 21.2 Å². The Hall–Kier alpha value is -0.570. The van der Waals surface area contributed by atoms with Gasteiger partial charge in [-0.3, -0.25) is 9.79 Å². The number of carbonyl (C=O) groups excluding carboxylic acids is 1. The van der Waals surface area contributed by atoms with Crippen molar-refractivity contribution in [2.24, 2.45) is 15.8 Å². The van der Waals surface area contributed by atoms with Gasteiger partial charge in [0, 0.05) is 40.9 Å². The number of amides is 1. The fourth-order valence-corrected chi connectivity index (χ4v) is 2.73. The second kappa shape index (κ2) is 10.3. The largest absolute Gasteiger partial charge is 0.385 e. The van der Waals surface area contributed by atoms with Gasteiger partial charge in [-0.15, -0.1) is 24.0 Å². The van der Waals surface area contributed by atoms with Crippen molar-refractivity contribution in [3.8, 4) is 0 Å². The first-order valence-corrected chi connectivity index (χ1v) is 8.05. The average Bonchev–Trinajstić information content (AvgIpc) is 2.47. The van der Waals surface area contributed by atoms with Gasteiger partial charge < -0.3 is 20.7 Å². The molecule has 0 atom stereocenters. The standard InChI is InChI=1S/C16H32N4O2.HI/c1-15(2,13(21)17-3)11-19-14(18-4)20-12-16(7-6-8-16)9-10-22-5;/h6-12H2,1-5H3,(H,17,21)(H2,18,19,20);1H. The predicted octanol–water partition coefficient (Wildman–Crippen LogP) is 1.75. The molecule has 0 radical (unpaired) electrons. The zero-order valence-corrected chi connectivity index (χ0v) is 17.5. The minimum atomic E-state index is -0.476. The lowest BCUT2D eigenvalue weighted by Gasteiger charge is -2.42. The molecule has 1 aliphatic carbocycles. The zero-order chi connectivity index (χ0) is 16.6. The first-order chi connectivity index (χ1) is 10.4. The van der Waals surface area contributed by atoms with Gasteiger partial charge in [-0.2, -0.15) is 0 Å². The summed E-state index contributed by atoms with van der Waals surface area (Å²) in [7, 11) is 5.17. The molecule has 136 valence electrons. The number of nitrogens with zero attached hydrogens (tertiary/aromatic N) is 1. The molecule has 0 heterocycles. The fourth-order valence-electron chi connectivity index (χ4n) is 2.73. The molecule has 1 aliphatic rings. The van der Waals surface area contributed by atoms with Gasteiger partial charge in [0.25, 0.3) is 0 Å². The van der Waals surface area contributed by atoms with Crippen LogP contribution in [0.5, 0.6) is 0 Å². The van der Waals surface area contributed by atoms with Gasteiger partial charge in [0.2, 0.25) is 5.91 Å². The van der Waals surface area contributed by atoms with Crippen molar-refractivity contribution >= 4 is 35.8 Å². The highest BCUT2D eigenvalue weighted by Gasteiger charge is 2.36. The number of rotatable bonds is 8. The van der Waals surface area contributed by atoms with Gasteiger partial charge in [-0.1, -0.05) is 6.42 Å². The summed E-state index contributed by atoms with van der Waals surface area (Å²) in [5.74, 6) is 0.770. The molecule has 0 saturated heterocycles. The van der Waals surface area contributed by atoms with Gasteiger partial charge in [0.15, 0.2) is 5.96 Å². The molecule has 23 heavy (non-hydrogen) atoms. The third kappa shape index (κ3) is 6.82. The Morgan fingerprint density at radius 3 is 2.39 bits per heavy atom. The van der Waals surface area contributed by atoms with Crippen molar-refractivity contribution in [1.82, 2.24) is 16.0 Å². The molecule has 0 unspecified atom stereocenters. The lowest BCUT2D eigenvalue weighted by Crippen LogP contribution is -2.50. The Labute approximate surface area is 157 Å². The monoisotopic (exact) mass is 440 g/mol. The Morgan fingerprint density at radius 2 is 1.96 bits per heavy atom. The second-order valence-corrected chi connectivity index (χ2v) is 6.84. The van der Waals surface area contributed by atoms with E-state index in [0.717, 1.165) is 25.5 Å². The molecular weight excluding hydrogens is 407 g/mol. The van der Waals surface area contributed by atoms with Crippen molar-refractivity contribution in [1.29, 1.82) is 0 Å². The molecule has 1 amide bonds. The van der Waals surface area contributed by atoms with Crippen LogP contribution in [0.15, 0.2) is 4.99 Å². The molecule has 0 bridgehead atoms. The summed E-state index contributed by atoms with van der Waals surface area (Å²) in [5, 5.41) is 9.34. The minimum Gasteiger partial charge on any atom is -0.385 e. The minimum absolute atomic E-state index is 0. The number of ether oxygens (including phenoxy) is 1. The number of halogens is 1. The average molecular weight is 440 g/mol. The van der Waals surface area contributed by atoms with Crippen LogP contribution in [-0.4, -0.2) is 52.8 Å².